The number of benzene rings is 3. The monoisotopic (exact) mass is 637 g/mol. The molecule has 0 unspecified atom stereocenters. The smallest absolute Gasteiger partial charge is 0.264 e. The molecule has 0 aliphatic carbocycles. The Bertz CT molecular complexity index is 1460. The second kappa shape index (κ2) is 14.4. The summed E-state index contributed by atoms with van der Waals surface area (Å²) in [6.07, 6.45) is 0.277. The van der Waals surface area contributed by atoms with Crippen molar-refractivity contribution in [1.82, 2.24) is 10.2 Å². The first kappa shape index (κ1) is 32.7. The highest BCUT2D eigenvalue weighted by molar-refractivity contribution is 7.92. The molecular weight excluding hydrogens is 605 g/mol. The van der Waals surface area contributed by atoms with Gasteiger partial charge in [-0.15, -0.1) is 0 Å². The van der Waals surface area contributed by atoms with Crippen LogP contribution in [-0.4, -0.2) is 44.3 Å². The second-order valence-corrected chi connectivity index (χ2v) is 13.2. The minimum absolute atomic E-state index is 0.00888. The number of carbonyl (C=O) groups is 2. The fraction of sp³-hybridized carbons (Fsp3) is 0.333. The third-order valence-electron chi connectivity index (χ3n) is 6.51. The molecule has 0 aliphatic rings. The summed E-state index contributed by atoms with van der Waals surface area (Å²) in [5.41, 5.74) is 1.31. The molecule has 0 radical (unpaired) electrons. The normalized spacial score (nSPS) is 12.2. The number of nitrogens with zero attached hydrogens (tertiary/aromatic N) is 2. The van der Waals surface area contributed by atoms with Crippen molar-refractivity contribution in [2.75, 3.05) is 17.4 Å². The van der Waals surface area contributed by atoms with Crippen LogP contribution in [0.3, 0.4) is 0 Å². The Kier molecular flexibility index (Phi) is 11.5. The summed E-state index contributed by atoms with van der Waals surface area (Å²) in [6, 6.07) is 16.7. The number of amides is 2. The van der Waals surface area contributed by atoms with Gasteiger partial charge in [-0.1, -0.05) is 85.9 Å². The van der Waals surface area contributed by atoms with E-state index in [-0.39, 0.29) is 35.4 Å². The molecule has 3 aromatic rings. The van der Waals surface area contributed by atoms with Crippen LogP contribution in [0.4, 0.5) is 5.69 Å². The van der Waals surface area contributed by atoms with Crippen molar-refractivity contribution in [2.45, 2.75) is 51.6 Å². The molecule has 11 heteroatoms. The van der Waals surface area contributed by atoms with Gasteiger partial charge in [0.05, 0.1) is 10.6 Å². The zero-order valence-corrected chi connectivity index (χ0v) is 26.5. The fourth-order valence-corrected chi connectivity index (χ4v) is 6.45. The fourth-order valence-electron chi connectivity index (χ4n) is 4.28. The molecule has 0 heterocycles. The quantitative estimate of drug-likeness (QED) is 0.238. The van der Waals surface area contributed by atoms with Gasteiger partial charge in [0.25, 0.3) is 10.0 Å². The van der Waals surface area contributed by atoms with Crippen LogP contribution in [0.5, 0.6) is 0 Å². The van der Waals surface area contributed by atoms with Crippen LogP contribution in [-0.2, 0) is 26.2 Å². The van der Waals surface area contributed by atoms with Crippen LogP contribution in [0.1, 0.15) is 38.3 Å². The predicted molar refractivity (Wildman–Crippen MR) is 166 cm³/mol. The number of aryl methyl sites for hydroxylation is 1. The molecule has 7 nitrogen and oxygen atoms in total. The highest BCUT2D eigenvalue weighted by Crippen LogP contribution is 2.31. The van der Waals surface area contributed by atoms with Crippen molar-refractivity contribution in [3.05, 3.63) is 92.9 Å². The van der Waals surface area contributed by atoms with Gasteiger partial charge in [-0.05, 0) is 61.2 Å². The Balaban J connectivity index is 2.12. The number of carbonyl (C=O) groups excluding carboxylic acids is 2. The summed E-state index contributed by atoms with van der Waals surface area (Å²) in [7, 11) is -4.21. The molecule has 0 saturated carbocycles. The van der Waals surface area contributed by atoms with Crippen molar-refractivity contribution < 1.29 is 18.0 Å². The summed E-state index contributed by atoms with van der Waals surface area (Å²) in [6.45, 7) is 7.18. The van der Waals surface area contributed by atoms with Crippen LogP contribution >= 0.6 is 34.8 Å². The van der Waals surface area contributed by atoms with Gasteiger partial charge in [0.15, 0.2) is 0 Å². The van der Waals surface area contributed by atoms with E-state index in [0.29, 0.717) is 32.7 Å². The lowest BCUT2D eigenvalue weighted by atomic mass is 10.1. The van der Waals surface area contributed by atoms with Crippen LogP contribution in [0.15, 0.2) is 71.6 Å². The molecule has 1 N–H and O–H groups in total. The van der Waals surface area contributed by atoms with Gasteiger partial charge in [0.1, 0.15) is 12.6 Å². The summed E-state index contributed by atoms with van der Waals surface area (Å²) >= 11 is 19.2. The van der Waals surface area contributed by atoms with E-state index < -0.39 is 28.5 Å². The summed E-state index contributed by atoms with van der Waals surface area (Å²) in [5, 5.41) is 3.86. The van der Waals surface area contributed by atoms with E-state index in [1.54, 1.807) is 62.4 Å². The third kappa shape index (κ3) is 8.16. The number of sulfonamides is 1. The third-order valence-corrected chi connectivity index (χ3v) is 9.23. The van der Waals surface area contributed by atoms with Crippen LogP contribution in [0.2, 0.25) is 15.1 Å². The van der Waals surface area contributed by atoms with Crippen molar-refractivity contribution in [3.63, 3.8) is 0 Å². The van der Waals surface area contributed by atoms with Crippen molar-refractivity contribution >= 4 is 62.3 Å². The van der Waals surface area contributed by atoms with E-state index in [1.165, 1.54) is 23.1 Å². The van der Waals surface area contributed by atoms with Crippen LogP contribution < -0.4 is 9.62 Å². The summed E-state index contributed by atoms with van der Waals surface area (Å²) in [5.74, 6) is -0.767. The van der Waals surface area contributed by atoms with Gasteiger partial charge in [-0.3, -0.25) is 13.9 Å². The minimum atomic E-state index is -4.21. The lowest BCUT2D eigenvalue weighted by molar-refractivity contribution is -0.140. The number of hydrogen-bond acceptors (Lipinski definition) is 4. The molecular formula is C30H34Cl3N3O4S. The summed E-state index contributed by atoms with van der Waals surface area (Å²) < 4.78 is 29.0. The largest absolute Gasteiger partial charge is 0.354 e. The van der Waals surface area contributed by atoms with E-state index in [4.69, 9.17) is 34.8 Å². The van der Waals surface area contributed by atoms with Gasteiger partial charge in [-0.25, -0.2) is 8.42 Å². The molecule has 0 aliphatic heterocycles. The van der Waals surface area contributed by atoms with Crippen molar-refractivity contribution in [2.24, 2.45) is 5.92 Å². The van der Waals surface area contributed by atoms with E-state index in [2.05, 4.69) is 5.32 Å². The molecule has 0 saturated heterocycles. The van der Waals surface area contributed by atoms with E-state index >= 15 is 0 Å². The van der Waals surface area contributed by atoms with Gasteiger partial charge >= 0.3 is 0 Å². The average molecular weight is 639 g/mol. The summed E-state index contributed by atoms with van der Waals surface area (Å²) in [4.78, 5) is 28.9. The Hall–Kier alpha value is -2.78. The maximum absolute atomic E-state index is 14.2. The molecule has 3 aromatic carbocycles. The van der Waals surface area contributed by atoms with E-state index in [9.17, 15) is 18.0 Å². The van der Waals surface area contributed by atoms with Crippen molar-refractivity contribution in [1.29, 1.82) is 0 Å². The zero-order chi connectivity index (χ0) is 30.3. The number of rotatable bonds is 12. The number of anilines is 1. The molecule has 0 spiro atoms. The van der Waals surface area contributed by atoms with E-state index in [0.717, 1.165) is 4.31 Å². The van der Waals surface area contributed by atoms with Gasteiger partial charge in [0.2, 0.25) is 11.8 Å². The van der Waals surface area contributed by atoms with Crippen molar-refractivity contribution in [3.8, 4) is 0 Å². The van der Waals surface area contributed by atoms with E-state index in [1.807, 2.05) is 13.8 Å². The van der Waals surface area contributed by atoms with Crippen LogP contribution in [0, 0.1) is 12.8 Å². The average Bonchev–Trinajstić information content (AvgIpc) is 2.93. The first-order chi connectivity index (χ1) is 19.4. The Morgan fingerprint density at radius 2 is 1.56 bits per heavy atom. The zero-order valence-electron chi connectivity index (χ0n) is 23.4. The first-order valence-electron chi connectivity index (χ1n) is 13.2. The lowest BCUT2D eigenvalue weighted by Crippen LogP contribution is -2.52. The Morgan fingerprint density at radius 3 is 2.15 bits per heavy atom. The molecule has 0 bridgehead atoms. The molecule has 41 heavy (non-hydrogen) atoms. The predicted octanol–water partition coefficient (Wildman–Crippen LogP) is 6.73. The molecule has 2 amide bonds. The number of halogens is 3. The minimum Gasteiger partial charge on any atom is -0.354 e. The second-order valence-electron chi connectivity index (χ2n) is 10.0. The topological polar surface area (TPSA) is 86.8 Å². The Morgan fingerprint density at radius 1 is 0.927 bits per heavy atom. The molecule has 3 rings (SSSR count). The molecule has 220 valence electrons. The maximum Gasteiger partial charge on any atom is 0.264 e. The Labute approximate surface area is 257 Å². The van der Waals surface area contributed by atoms with Gasteiger partial charge < -0.3 is 10.2 Å². The maximum atomic E-state index is 14.2. The SMILES string of the molecule is CC[C@H](C(=O)NCC(C)C)N(Cc1c(Cl)cccc1Cl)C(=O)CN(c1cc(Cl)ccc1C)S(=O)(=O)c1ccccc1. The number of hydrogen-bond donors (Lipinski definition) is 1. The number of nitrogens with one attached hydrogen (secondary N) is 1. The highest BCUT2D eigenvalue weighted by atomic mass is 35.5. The highest BCUT2D eigenvalue weighted by Gasteiger charge is 2.34. The van der Waals surface area contributed by atoms with Gasteiger partial charge in [-0.2, -0.15) is 0 Å². The molecule has 0 aromatic heterocycles. The molecule has 0 fully saturated rings. The molecule has 1 atom stereocenters. The van der Waals surface area contributed by atoms with Crippen LogP contribution in [0.25, 0.3) is 0 Å². The lowest BCUT2D eigenvalue weighted by Gasteiger charge is -2.34. The first-order valence-corrected chi connectivity index (χ1v) is 15.8. The van der Waals surface area contributed by atoms with Gasteiger partial charge in [0, 0.05) is 33.7 Å². The standard InChI is InChI=1S/C30H34Cl3N3O4S/c1-5-27(30(38)34-17-20(2)3)35(18-24-25(32)12-9-13-26(24)33)29(37)19-36(28-16-22(31)15-14-21(28)4)41(39,40)23-10-7-6-8-11-23/h6-16,20,27H,5,17-19H2,1-4H3,(H,34,38)/t27-/m1/s1.